The SMILES string of the molecule is CCCCCCCC(=O)O[C@H]1/C(=C/C(=O)OC)C[C@H]2CC([C@@H](C)O)OC(=O)C[C@H](O)CCOCC[C@@H]3CCO[C@H](/C=C/C(C)(C)[C@]1(O)O2)O3. The summed E-state index contributed by atoms with van der Waals surface area (Å²) in [6.45, 7) is 8.01. The zero-order chi connectivity index (χ0) is 36.0. The van der Waals surface area contributed by atoms with E-state index in [1.54, 1.807) is 26.0 Å². The minimum absolute atomic E-state index is 0.0110. The number of esters is 3. The highest BCUT2D eigenvalue weighted by Gasteiger charge is 2.57. The monoisotopic (exact) mass is 698 g/mol. The summed E-state index contributed by atoms with van der Waals surface area (Å²) in [7, 11) is 1.21. The molecule has 2 saturated heterocycles. The predicted octanol–water partition coefficient (Wildman–Crippen LogP) is 3.79. The van der Waals surface area contributed by atoms with Crippen LogP contribution in [0.4, 0.5) is 0 Å². The molecule has 0 amide bonds. The standard InChI is InChI=1S/C36H58O13/c1-6-7-8-9-10-11-30(39)48-34-25(21-31(40)43-5)20-28-23-29(24(2)37)47-32(41)22-26(38)13-17-44-18-14-27-15-19-45-33(46-27)12-16-35(3,4)36(34,42)49-28/h12,16,21,24,26-29,33-34,37-38,42H,6-11,13-15,17-20,22-23H2,1-5H3/b16-12+,25-21+/t24-,26-,27-,28+,29?,33+,34+,36-/m1/s1. The van der Waals surface area contributed by atoms with Gasteiger partial charge in [-0.05, 0) is 50.7 Å². The molecular formula is C36H58O13. The molecule has 0 aromatic heterocycles. The molecule has 3 heterocycles. The summed E-state index contributed by atoms with van der Waals surface area (Å²) in [5.41, 5.74) is -1.05. The second kappa shape index (κ2) is 19.9. The normalized spacial score (nSPS) is 33.9. The molecule has 13 nitrogen and oxygen atoms in total. The third kappa shape index (κ3) is 12.7. The van der Waals surface area contributed by atoms with Crippen molar-refractivity contribution in [3.05, 3.63) is 23.8 Å². The van der Waals surface area contributed by atoms with Crippen LogP contribution in [0.2, 0.25) is 0 Å². The number of aliphatic hydroxyl groups is 3. The van der Waals surface area contributed by atoms with Crippen molar-refractivity contribution in [2.75, 3.05) is 26.9 Å². The summed E-state index contributed by atoms with van der Waals surface area (Å²) in [4.78, 5) is 38.7. The largest absolute Gasteiger partial charge is 0.466 e. The van der Waals surface area contributed by atoms with Crippen LogP contribution in [0.15, 0.2) is 23.8 Å². The van der Waals surface area contributed by atoms with Crippen molar-refractivity contribution in [3.63, 3.8) is 0 Å². The number of rotatable bonds is 9. The number of ether oxygens (including phenoxy) is 7. The molecule has 280 valence electrons. The molecule has 3 aliphatic heterocycles. The minimum Gasteiger partial charge on any atom is -0.466 e. The van der Waals surface area contributed by atoms with E-state index in [1.165, 1.54) is 20.1 Å². The van der Waals surface area contributed by atoms with E-state index < -0.39 is 65.9 Å². The maximum Gasteiger partial charge on any atom is 0.330 e. The summed E-state index contributed by atoms with van der Waals surface area (Å²) in [5.74, 6) is -4.26. The van der Waals surface area contributed by atoms with Crippen LogP contribution in [0.1, 0.15) is 105 Å². The molecule has 0 radical (unpaired) electrons. The molecule has 4 bridgehead atoms. The molecule has 49 heavy (non-hydrogen) atoms. The summed E-state index contributed by atoms with van der Waals surface area (Å²) in [6.07, 6.45) is 3.77. The van der Waals surface area contributed by atoms with Gasteiger partial charge < -0.3 is 48.5 Å². The molecule has 0 aliphatic carbocycles. The molecule has 0 saturated carbocycles. The van der Waals surface area contributed by atoms with Crippen LogP contribution >= 0.6 is 0 Å². The van der Waals surface area contributed by atoms with Crippen LogP contribution in [-0.2, 0) is 47.5 Å². The lowest BCUT2D eigenvalue weighted by Gasteiger charge is -2.51. The van der Waals surface area contributed by atoms with Gasteiger partial charge in [0.1, 0.15) is 6.10 Å². The van der Waals surface area contributed by atoms with E-state index >= 15 is 0 Å². The molecule has 3 N–H and O–H groups in total. The Balaban J connectivity index is 2.02. The van der Waals surface area contributed by atoms with E-state index in [0.717, 1.165) is 25.7 Å². The van der Waals surface area contributed by atoms with Gasteiger partial charge in [-0.25, -0.2) is 4.79 Å². The predicted molar refractivity (Wildman–Crippen MR) is 177 cm³/mol. The lowest BCUT2D eigenvalue weighted by Crippen LogP contribution is -2.62. The van der Waals surface area contributed by atoms with E-state index in [2.05, 4.69) is 6.92 Å². The Bertz CT molecular complexity index is 1120. The highest BCUT2D eigenvalue weighted by Crippen LogP contribution is 2.47. The molecule has 3 aliphatic rings. The van der Waals surface area contributed by atoms with Gasteiger partial charge in [-0.2, -0.15) is 0 Å². The number of hydrogen-bond donors (Lipinski definition) is 3. The molecular weight excluding hydrogens is 640 g/mol. The van der Waals surface area contributed by atoms with E-state index in [9.17, 15) is 29.7 Å². The lowest BCUT2D eigenvalue weighted by molar-refractivity contribution is -0.327. The Morgan fingerprint density at radius 2 is 1.78 bits per heavy atom. The van der Waals surface area contributed by atoms with E-state index in [4.69, 9.17) is 33.2 Å². The Morgan fingerprint density at radius 3 is 2.49 bits per heavy atom. The number of cyclic esters (lactones) is 1. The highest BCUT2D eigenvalue weighted by molar-refractivity contribution is 5.83. The highest BCUT2D eigenvalue weighted by atomic mass is 16.7. The zero-order valence-corrected chi connectivity index (χ0v) is 29.8. The molecule has 3 rings (SSSR count). The third-order valence-corrected chi connectivity index (χ3v) is 9.28. The fourth-order valence-corrected chi connectivity index (χ4v) is 6.18. The maximum absolute atomic E-state index is 13.2. The van der Waals surface area contributed by atoms with Gasteiger partial charge in [0, 0.05) is 37.5 Å². The Kier molecular flexibility index (Phi) is 16.6. The number of unbranched alkanes of at least 4 members (excludes halogenated alkanes) is 4. The molecule has 8 atom stereocenters. The molecule has 1 unspecified atom stereocenters. The fourth-order valence-electron chi connectivity index (χ4n) is 6.18. The van der Waals surface area contributed by atoms with Crippen LogP contribution in [0.3, 0.4) is 0 Å². The average Bonchev–Trinajstić information content (AvgIpc) is 3.04. The number of carbonyl (C=O) groups excluding carboxylic acids is 3. The van der Waals surface area contributed by atoms with Gasteiger partial charge in [-0.15, -0.1) is 0 Å². The molecule has 0 aromatic rings. The number of carbonyl (C=O) groups is 3. The van der Waals surface area contributed by atoms with Crippen molar-refractivity contribution in [1.82, 2.24) is 0 Å². The lowest BCUT2D eigenvalue weighted by atomic mass is 9.74. The topological polar surface area (TPSA) is 177 Å². The molecule has 0 spiro atoms. The first-order chi connectivity index (χ1) is 23.3. The summed E-state index contributed by atoms with van der Waals surface area (Å²) in [5, 5.41) is 33.6. The number of methoxy groups -OCH3 is 1. The second-order valence-electron chi connectivity index (χ2n) is 13.8. The summed E-state index contributed by atoms with van der Waals surface area (Å²) >= 11 is 0. The third-order valence-electron chi connectivity index (χ3n) is 9.28. The summed E-state index contributed by atoms with van der Waals surface area (Å²) < 4.78 is 40.5. The number of hydrogen-bond acceptors (Lipinski definition) is 13. The first-order valence-electron chi connectivity index (χ1n) is 17.8. The van der Waals surface area contributed by atoms with Crippen molar-refractivity contribution < 1.29 is 62.9 Å². The van der Waals surface area contributed by atoms with Crippen molar-refractivity contribution in [2.45, 2.75) is 153 Å². The fraction of sp³-hybridized carbons (Fsp3) is 0.806. The van der Waals surface area contributed by atoms with E-state index in [0.29, 0.717) is 32.5 Å². The van der Waals surface area contributed by atoms with Crippen LogP contribution in [-0.4, -0.2) is 109 Å². The van der Waals surface area contributed by atoms with Gasteiger partial charge in [-0.3, -0.25) is 9.59 Å². The Morgan fingerprint density at radius 1 is 1.06 bits per heavy atom. The maximum atomic E-state index is 13.2. The first kappa shape index (κ1) is 41.0. The first-order valence-corrected chi connectivity index (χ1v) is 17.8. The van der Waals surface area contributed by atoms with Gasteiger partial charge in [0.15, 0.2) is 12.4 Å². The zero-order valence-electron chi connectivity index (χ0n) is 29.8. The second-order valence-corrected chi connectivity index (χ2v) is 13.8. The molecule has 2 fully saturated rings. The quantitative estimate of drug-likeness (QED) is 0.104. The van der Waals surface area contributed by atoms with E-state index in [1.807, 2.05) is 0 Å². The van der Waals surface area contributed by atoms with Crippen LogP contribution < -0.4 is 0 Å². The van der Waals surface area contributed by atoms with Crippen molar-refractivity contribution in [3.8, 4) is 0 Å². The number of fused-ring (bicyclic) bond motifs is 4. The Hall–Kier alpha value is -2.39. The summed E-state index contributed by atoms with van der Waals surface area (Å²) in [6, 6.07) is 0. The van der Waals surface area contributed by atoms with Crippen molar-refractivity contribution in [1.29, 1.82) is 0 Å². The van der Waals surface area contributed by atoms with Crippen LogP contribution in [0, 0.1) is 5.41 Å². The molecule has 13 heteroatoms. The van der Waals surface area contributed by atoms with Gasteiger partial charge >= 0.3 is 17.9 Å². The Labute approximate surface area is 290 Å². The van der Waals surface area contributed by atoms with Gasteiger partial charge in [0.05, 0.1) is 44.6 Å². The van der Waals surface area contributed by atoms with Gasteiger partial charge in [-0.1, -0.05) is 52.5 Å². The smallest absolute Gasteiger partial charge is 0.330 e. The van der Waals surface area contributed by atoms with Gasteiger partial charge in [0.25, 0.3) is 0 Å². The van der Waals surface area contributed by atoms with Crippen molar-refractivity contribution in [2.24, 2.45) is 5.41 Å². The van der Waals surface area contributed by atoms with Crippen molar-refractivity contribution >= 4 is 17.9 Å². The number of aliphatic hydroxyl groups excluding tert-OH is 2. The average molecular weight is 699 g/mol. The minimum atomic E-state index is -2.25. The van der Waals surface area contributed by atoms with Gasteiger partial charge in [0.2, 0.25) is 5.79 Å². The van der Waals surface area contributed by atoms with Crippen LogP contribution in [0.25, 0.3) is 0 Å². The molecule has 0 aromatic carbocycles. The van der Waals surface area contributed by atoms with E-state index in [-0.39, 0.29) is 50.4 Å². The van der Waals surface area contributed by atoms with Crippen LogP contribution in [0.5, 0.6) is 0 Å².